The highest BCUT2D eigenvalue weighted by molar-refractivity contribution is 8.01. The number of Topliss-reactive ketones (excluding diaryl/α,β-unsaturated/α-hetero) is 1. The second-order valence-corrected chi connectivity index (χ2v) is 12.4. The van der Waals surface area contributed by atoms with Crippen LogP contribution >= 0.6 is 23.1 Å². The third-order valence-electron chi connectivity index (χ3n) is 6.70. The molecule has 200 valence electrons. The van der Waals surface area contributed by atoms with Gasteiger partial charge in [-0.05, 0) is 36.0 Å². The lowest BCUT2D eigenvalue weighted by molar-refractivity contribution is -0.119. The maximum absolute atomic E-state index is 13.5. The predicted molar refractivity (Wildman–Crippen MR) is 150 cm³/mol. The normalized spacial score (nSPS) is 18.6. The Kier molecular flexibility index (Phi) is 7.59. The van der Waals surface area contributed by atoms with E-state index in [-0.39, 0.29) is 34.3 Å². The van der Waals surface area contributed by atoms with Crippen molar-refractivity contribution in [2.75, 3.05) is 17.2 Å². The Labute approximate surface area is 234 Å². The summed E-state index contributed by atoms with van der Waals surface area (Å²) < 4.78 is 6.23. The number of rotatable bonds is 8. The van der Waals surface area contributed by atoms with Gasteiger partial charge in [0.1, 0.15) is 11.6 Å². The monoisotopic (exact) mass is 560 g/mol. The summed E-state index contributed by atoms with van der Waals surface area (Å²) in [6.07, 6.45) is 3.20. The van der Waals surface area contributed by atoms with Crippen LogP contribution in [0, 0.1) is 16.7 Å². The van der Waals surface area contributed by atoms with Gasteiger partial charge in [0, 0.05) is 24.2 Å². The van der Waals surface area contributed by atoms with Gasteiger partial charge in [-0.15, -0.1) is 10.2 Å². The molecule has 1 unspecified atom stereocenters. The molecule has 0 saturated carbocycles. The van der Waals surface area contributed by atoms with Gasteiger partial charge in [-0.3, -0.25) is 14.5 Å². The van der Waals surface area contributed by atoms with Crippen molar-refractivity contribution in [1.82, 2.24) is 15.5 Å². The van der Waals surface area contributed by atoms with Gasteiger partial charge in [0.25, 0.3) is 0 Å². The van der Waals surface area contributed by atoms with Gasteiger partial charge in [0.2, 0.25) is 11.0 Å². The maximum atomic E-state index is 13.5. The lowest BCUT2D eigenvalue weighted by Crippen LogP contribution is -2.42. The first kappa shape index (κ1) is 26.7. The summed E-state index contributed by atoms with van der Waals surface area (Å²) in [4.78, 5) is 27.6. The third-order valence-corrected chi connectivity index (χ3v) is 8.74. The van der Waals surface area contributed by atoms with Crippen LogP contribution in [0.3, 0.4) is 0 Å². The van der Waals surface area contributed by atoms with Gasteiger partial charge in [-0.1, -0.05) is 67.3 Å². The van der Waals surface area contributed by atoms with E-state index in [1.807, 2.05) is 44.2 Å². The molecule has 1 aliphatic heterocycles. The molecule has 2 aromatic heterocycles. The highest BCUT2D eigenvalue weighted by atomic mass is 32.2. The first-order chi connectivity index (χ1) is 18.8. The fourth-order valence-electron chi connectivity index (χ4n) is 4.99. The van der Waals surface area contributed by atoms with Gasteiger partial charge in [-0.2, -0.15) is 5.26 Å². The summed E-state index contributed by atoms with van der Waals surface area (Å²) in [5.41, 5.74) is 8.92. The van der Waals surface area contributed by atoms with Crippen LogP contribution in [0.5, 0.6) is 0 Å². The molecule has 0 bridgehead atoms. The summed E-state index contributed by atoms with van der Waals surface area (Å²) in [5.74, 6) is 0.0946. The Morgan fingerprint density at radius 3 is 2.77 bits per heavy atom. The molecule has 0 radical (unpaired) electrons. The summed E-state index contributed by atoms with van der Waals surface area (Å²) in [6, 6.07) is 15.7. The zero-order chi connectivity index (χ0) is 27.6. The number of hydrogen-bond donors (Lipinski definition) is 2. The van der Waals surface area contributed by atoms with Crippen LogP contribution in [0.4, 0.5) is 5.13 Å². The van der Waals surface area contributed by atoms with Crippen molar-refractivity contribution in [2.45, 2.75) is 43.4 Å². The highest BCUT2D eigenvalue weighted by Gasteiger charge is 2.46. The molecule has 0 saturated heterocycles. The number of nitrogens with one attached hydrogen (secondary N) is 1. The molecule has 0 spiro atoms. The number of furan rings is 1. The minimum atomic E-state index is -0.666. The number of nitrogens with zero attached hydrogens (tertiary/aromatic N) is 4. The molecule has 1 atom stereocenters. The average Bonchev–Trinajstić information content (AvgIpc) is 3.59. The van der Waals surface area contributed by atoms with Gasteiger partial charge in [0.15, 0.2) is 10.1 Å². The van der Waals surface area contributed by atoms with Crippen molar-refractivity contribution >= 4 is 39.9 Å². The average molecular weight is 561 g/mol. The number of nitriles is 1. The van der Waals surface area contributed by atoms with Crippen LogP contribution < -0.4 is 16.0 Å². The van der Waals surface area contributed by atoms with Crippen molar-refractivity contribution in [2.24, 2.45) is 11.1 Å². The molecular formula is C28H28N6O3S2. The Hall–Kier alpha value is -3.88. The smallest absolute Gasteiger partial charge is 0.230 e. The summed E-state index contributed by atoms with van der Waals surface area (Å²) in [6.45, 7) is 4.62. The lowest BCUT2D eigenvalue weighted by Gasteiger charge is -2.42. The molecule has 39 heavy (non-hydrogen) atoms. The second kappa shape index (κ2) is 11.1. The van der Waals surface area contributed by atoms with Crippen LogP contribution in [0.1, 0.15) is 43.9 Å². The van der Waals surface area contributed by atoms with E-state index in [1.165, 1.54) is 29.4 Å². The van der Waals surface area contributed by atoms with Crippen molar-refractivity contribution in [1.29, 1.82) is 5.26 Å². The Morgan fingerprint density at radius 1 is 1.26 bits per heavy atom. The van der Waals surface area contributed by atoms with Gasteiger partial charge in [0.05, 0.1) is 29.6 Å². The van der Waals surface area contributed by atoms with Crippen LogP contribution in [0.15, 0.2) is 80.1 Å². The molecular weight excluding hydrogens is 532 g/mol. The third kappa shape index (κ3) is 5.62. The topological polar surface area (TPSA) is 138 Å². The first-order valence-corrected chi connectivity index (χ1v) is 14.3. The Morgan fingerprint density at radius 2 is 2.05 bits per heavy atom. The molecule has 11 heteroatoms. The fourth-order valence-corrected chi connectivity index (χ4v) is 6.70. The number of amides is 1. The van der Waals surface area contributed by atoms with E-state index in [2.05, 4.69) is 21.6 Å². The van der Waals surface area contributed by atoms with Gasteiger partial charge < -0.3 is 15.5 Å². The summed E-state index contributed by atoms with van der Waals surface area (Å²) >= 11 is 2.55. The number of benzene rings is 1. The Bertz CT molecular complexity index is 1480. The predicted octanol–water partition coefficient (Wildman–Crippen LogP) is 4.52. The van der Waals surface area contributed by atoms with E-state index in [1.54, 1.807) is 17.0 Å². The number of anilines is 1. The molecule has 3 aromatic rings. The van der Waals surface area contributed by atoms with Crippen LogP contribution in [-0.4, -0.2) is 34.2 Å². The number of carbonyl (C=O) groups excluding carboxylic acids is 2. The number of ketones is 1. The van der Waals surface area contributed by atoms with E-state index in [0.29, 0.717) is 45.9 Å². The van der Waals surface area contributed by atoms with Crippen LogP contribution in [0.2, 0.25) is 0 Å². The minimum absolute atomic E-state index is 0.0424. The van der Waals surface area contributed by atoms with Crippen LogP contribution in [-0.2, 0) is 16.0 Å². The zero-order valence-corrected chi connectivity index (χ0v) is 23.3. The van der Waals surface area contributed by atoms with Crippen LogP contribution in [0.25, 0.3) is 0 Å². The summed E-state index contributed by atoms with van der Waals surface area (Å²) in [7, 11) is 0. The number of carbonyl (C=O) groups is 2. The quantitative estimate of drug-likeness (QED) is 0.381. The number of nitrogens with two attached hydrogens (primary N) is 1. The molecule has 1 amide bonds. The van der Waals surface area contributed by atoms with Crippen molar-refractivity contribution in [3.05, 3.63) is 82.7 Å². The highest BCUT2D eigenvalue weighted by Crippen LogP contribution is 2.50. The van der Waals surface area contributed by atoms with Crippen molar-refractivity contribution < 1.29 is 14.0 Å². The van der Waals surface area contributed by atoms with E-state index in [9.17, 15) is 14.9 Å². The van der Waals surface area contributed by atoms with Gasteiger partial charge >= 0.3 is 0 Å². The Balaban J connectivity index is 1.36. The minimum Gasteiger partial charge on any atom is -0.468 e. The SMILES string of the molecule is CC1(C)CC(=O)C2=C(C1)N(c1nnc(SCC(=O)NCCc3ccccc3)s1)C(N)=C(C#N)C2c1ccco1. The van der Waals surface area contributed by atoms with Gasteiger partial charge in [-0.25, -0.2) is 0 Å². The van der Waals surface area contributed by atoms with E-state index >= 15 is 0 Å². The molecule has 1 aliphatic carbocycles. The lowest BCUT2D eigenvalue weighted by atomic mass is 9.69. The fraction of sp³-hybridized carbons (Fsp3) is 0.321. The van der Waals surface area contributed by atoms with E-state index in [0.717, 1.165) is 12.0 Å². The summed E-state index contributed by atoms with van der Waals surface area (Å²) in [5, 5.41) is 22.1. The molecule has 5 rings (SSSR count). The van der Waals surface area contributed by atoms with E-state index in [4.69, 9.17) is 10.2 Å². The number of allylic oxidation sites excluding steroid dienone is 3. The molecule has 3 N–H and O–H groups in total. The molecule has 2 aliphatic rings. The molecule has 0 fully saturated rings. The molecule has 3 heterocycles. The molecule has 9 nitrogen and oxygen atoms in total. The number of thioether (sulfide) groups is 1. The number of aromatic nitrogens is 2. The largest absolute Gasteiger partial charge is 0.468 e. The van der Waals surface area contributed by atoms with Crippen molar-refractivity contribution in [3.8, 4) is 6.07 Å². The van der Waals surface area contributed by atoms with Crippen molar-refractivity contribution in [3.63, 3.8) is 0 Å². The first-order valence-electron chi connectivity index (χ1n) is 12.5. The molecule has 1 aromatic carbocycles. The standard InChI is InChI=1S/C28H28N6O3S2/c1-28(2)13-19-24(20(35)14-28)23(21-9-6-12-37-21)18(15-29)25(30)34(19)26-32-33-27(39-26)38-16-22(36)31-11-10-17-7-4-3-5-8-17/h3-9,12,23H,10-11,13-14,16,30H2,1-2H3,(H,31,36). The number of hydrogen-bond acceptors (Lipinski definition) is 10. The zero-order valence-electron chi connectivity index (χ0n) is 21.6. The van der Waals surface area contributed by atoms with E-state index < -0.39 is 5.92 Å². The second-order valence-electron chi connectivity index (χ2n) is 10.2. The maximum Gasteiger partial charge on any atom is 0.230 e.